The molecule has 1 amide bonds. The lowest BCUT2D eigenvalue weighted by atomic mass is 10.1. The van der Waals surface area contributed by atoms with E-state index < -0.39 is 5.91 Å². The largest absolute Gasteiger partial charge is 0.494 e. The Hall–Kier alpha value is -3.13. The van der Waals surface area contributed by atoms with Crippen molar-refractivity contribution in [1.82, 2.24) is 9.58 Å². The maximum absolute atomic E-state index is 12.6. The van der Waals surface area contributed by atoms with Crippen LogP contribution >= 0.6 is 11.8 Å². The van der Waals surface area contributed by atoms with Gasteiger partial charge in [-0.05, 0) is 74.0 Å². The van der Waals surface area contributed by atoms with Crippen molar-refractivity contribution >= 4 is 39.8 Å². The maximum Gasteiger partial charge on any atom is 0.283 e. The number of aromatic nitrogens is 1. The summed E-state index contributed by atoms with van der Waals surface area (Å²) in [6.07, 6.45) is 5.37. The summed E-state index contributed by atoms with van der Waals surface area (Å²) in [6.45, 7) is 4.63. The number of fused-ring (bicyclic) bond motifs is 1. The molecule has 0 atom stereocenters. The van der Waals surface area contributed by atoms with E-state index in [4.69, 9.17) is 10.1 Å². The van der Waals surface area contributed by atoms with E-state index in [2.05, 4.69) is 17.0 Å². The molecule has 0 spiro atoms. The van der Waals surface area contributed by atoms with E-state index in [1.165, 1.54) is 16.8 Å². The molecule has 0 saturated carbocycles. The number of rotatable bonds is 6. The number of carbonyl (C=O) groups is 1. The molecule has 3 heterocycles. The number of aliphatic imine (C=N–C) groups is 1. The van der Waals surface area contributed by atoms with Crippen LogP contribution in [0.4, 0.5) is 0 Å². The normalized spacial score (nSPS) is 17.4. The van der Waals surface area contributed by atoms with Crippen LogP contribution in [0.1, 0.15) is 32.4 Å². The molecule has 2 aromatic rings. The zero-order valence-electron chi connectivity index (χ0n) is 16.3. The van der Waals surface area contributed by atoms with Gasteiger partial charge in [-0.3, -0.25) is 10.2 Å². The van der Waals surface area contributed by atoms with E-state index in [0.717, 1.165) is 35.0 Å². The third kappa shape index (κ3) is 3.75. The van der Waals surface area contributed by atoms with Crippen molar-refractivity contribution < 1.29 is 9.53 Å². The van der Waals surface area contributed by atoms with E-state index in [1.807, 2.05) is 54.1 Å². The predicted octanol–water partition coefficient (Wildman–Crippen LogP) is 4.30. The fraction of sp³-hybridized carbons (Fsp3) is 0.238. The summed E-state index contributed by atoms with van der Waals surface area (Å²) in [4.78, 5) is 16.7. The molecule has 2 aliphatic rings. The Morgan fingerprint density at radius 1 is 1.21 bits per heavy atom. The van der Waals surface area contributed by atoms with E-state index in [1.54, 1.807) is 6.08 Å². The molecule has 148 valence electrons. The number of ether oxygens (including phenoxy) is 1. The van der Waals surface area contributed by atoms with Gasteiger partial charge < -0.3 is 9.30 Å². The monoisotopic (exact) mass is 407 g/mol. The Kier molecular flexibility index (Phi) is 5.35. The van der Waals surface area contributed by atoms with Crippen molar-refractivity contribution in [3.05, 3.63) is 53.9 Å². The number of amides is 1. The molecule has 2 aliphatic heterocycles. The van der Waals surface area contributed by atoms with Gasteiger partial charge in [0.1, 0.15) is 10.8 Å². The second-order valence-corrected chi connectivity index (χ2v) is 7.53. The SMILES string of the molecule is CCCC1=NN2C(=N)/C(=C\c3cccn3-c3ccc(OCC)cc3)C(=O)N=C2S1. The van der Waals surface area contributed by atoms with Crippen LogP contribution < -0.4 is 4.74 Å². The van der Waals surface area contributed by atoms with E-state index >= 15 is 0 Å². The molecule has 1 aromatic carbocycles. The predicted molar refractivity (Wildman–Crippen MR) is 117 cm³/mol. The van der Waals surface area contributed by atoms with Gasteiger partial charge in [0.05, 0.1) is 12.2 Å². The van der Waals surface area contributed by atoms with Gasteiger partial charge in [-0.25, -0.2) is 0 Å². The molecular weight excluding hydrogens is 386 g/mol. The zero-order chi connectivity index (χ0) is 20.4. The number of nitrogens with one attached hydrogen (secondary N) is 1. The van der Waals surface area contributed by atoms with Crippen LogP contribution in [0.2, 0.25) is 0 Å². The van der Waals surface area contributed by atoms with Crippen LogP contribution in [0.15, 0.2) is 58.3 Å². The van der Waals surface area contributed by atoms with Crippen molar-refractivity contribution in [3.8, 4) is 11.4 Å². The first-order chi connectivity index (χ1) is 14.1. The van der Waals surface area contributed by atoms with Crippen LogP contribution in [-0.2, 0) is 4.79 Å². The second kappa shape index (κ2) is 8.08. The summed E-state index contributed by atoms with van der Waals surface area (Å²) in [5.41, 5.74) is 1.94. The highest BCUT2D eigenvalue weighted by Crippen LogP contribution is 2.30. The number of amidine groups is 2. The average molecular weight is 407 g/mol. The lowest BCUT2D eigenvalue weighted by molar-refractivity contribution is -0.114. The van der Waals surface area contributed by atoms with Gasteiger partial charge >= 0.3 is 0 Å². The first kappa shape index (κ1) is 19.2. The Morgan fingerprint density at radius 2 is 2.00 bits per heavy atom. The zero-order valence-corrected chi connectivity index (χ0v) is 17.1. The lowest BCUT2D eigenvalue weighted by Crippen LogP contribution is -2.35. The number of benzene rings is 1. The van der Waals surface area contributed by atoms with Crippen LogP contribution in [0, 0.1) is 5.41 Å². The molecule has 0 fully saturated rings. The highest BCUT2D eigenvalue weighted by Gasteiger charge is 2.35. The summed E-state index contributed by atoms with van der Waals surface area (Å²) >= 11 is 1.36. The van der Waals surface area contributed by atoms with Crippen LogP contribution in [0.3, 0.4) is 0 Å². The molecule has 1 aromatic heterocycles. The number of hydrazone groups is 1. The molecule has 7 nitrogen and oxygen atoms in total. The van der Waals surface area contributed by atoms with Gasteiger partial charge in [0.25, 0.3) is 5.91 Å². The van der Waals surface area contributed by atoms with E-state index in [0.29, 0.717) is 11.8 Å². The fourth-order valence-electron chi connectivity index (χ4n) is 3.11. The highest BCUT2D eigenvalue weighted by molar-refractivity contribution is 8.26. The third-order valence-electron chi connectivity index (χ3n) is 4.46. The molecule has 8 heteroatoms. The van der Waals surface area contributed by atoms with Crippen molar-refractivity contribution in [1.29, 1.82) is 5.41 Å². The molecule has 0 bridgehead atoms. The Balaban J connectivity index is 1.65. The molecule has 0 radical (unpaired) electrons. The quantitative estimate of drug-likeness (QED) is 0.724. The highest BCUT2D eigenvalue weighted by atomic mass is 32.2. The molecule has 29 heavy (non-hydrogen) atoms. The standard InChI is InChI=1S/C21H21N5O2S/c1-3-6-18-24-26-19(22)17(20(27)23-21(26)29-18)13-15-7-5-12-25(15)14-8-10-16(11-9-14)28-4-2/h5,7-13,22H,3-4,6H2,1-2H3/b17-13+,22-19?. The van der Waals surface area contributed by atoms with Crippen molar-refractivity contribution in [2.75, 3.05) is 6.61 Å². The first-order valence-electron chi connectivity index (χ1n) is 9.50. The summed E-state index contributed by atoms with van der Waals surface area (Å²) in [7, 11) is 0. The van der Waals surface area contributed by atoms with Crippen molar-refractivity contribution in [3.63, 3.8) is 0 Å². The molecule has 4 rings (SSSR count). The minimum absolute atomic E-state index is 0.0537. The molecular formula is C21H21N5O2S. The Morgan fingerprint density at radius 3 is 2.72 bits per heavy atom. The first-order valence-corrected chi connectivity index (χ1v) is 10.3. The maximum atomic E-state index is 12.6. The minimum atomic E-state index is -0.416. The molecule has 0 unspecified atom stereocenters. The van der Waals surface area contributed by atoms with Gasteiger partial charge in [-0.15, -0.1) is 0 Å². The van der Waals surface area contributed by atoms with Crippen LogP contribution in [0.5, 0.6) is 5.75 Å². The summed E-state index contributed by atoms with van der Waals surface area (Å²) < 4.78 is 7.45. The molecule has 1 N–H and O–H groups in total. The molecule has 0 saturated heterocycles. The van der Waals surface area contributed by atoms with Gasteiger partial charge in [0, 0.05) is 17.6 Å². The molecule has 0 aliphatic carbocycles. The third-order valence-corrected chi connectivity index (χ3v) is 5.43. The average Bonchev–Trinajstić information content (AvgIpc) is 3.33. The number of thioether (sulfide) groups is 1. The number of nitrogens with zero attached hydrogens (tertiary/aromatic N) is 4. The minimum Gasteiger partial charge on any atom is -0.494 e. The van der Waals surface area contributed by atoms with E-state index in [-0.39, 0.29) is 11.4 Å². The van der Waals surface area contributed by atoms with Gasteiger partial charge in [0.15, 0.2) is 5.84 Å². The van der Waals surface area contributed by atoms with Crippen molar-refractivity contribution in [2.45, 2.75) is 26.7 Å². The number of hydrogen-bond acceptors (Lipinski definition) is 5. The van der Waals surface area contributed by atoms with E-state index in [9.17, 15) is 4.79 Å². The lowest BCUT2D eigenvalue weighted by Gasteiger charge is -2.20. The van der Waals surface area contributed by atoms with Gasteiger partial charge in [-0.2, -0.15) is 15.1 Å². The van der Waals surface area contributed by atoms with Crippen LogP contribution in [-0.4, -0.2) is 38.1 Å². The Bertz CT molecular complexity index is 1050. The van der Waals surface area contributed by atoms with Gasteiger partial charge in [-0.1, -0.05) is 6.92 Å². The fourth-order valence-corrected chi connectivity index (χ4v) is 4.10. The summed E-state index contributed by atoms with van der Waals surface area (Å²) in [5.74, 6) is 0.445. The summed E-state index contributed by atoms with van der Waals surface area (Å²) in [6, 6.07) is 11.5. The van der Waals surface area contributed by atoms with Gasteiger partial charge in [0.2, 0.25) is 5.17 Å². The number of carbonyl (C=O) groups excluding carboxylic acids is 1. The van der Waals surface area contributed by atoms with Crippen LogP contribution in [0.25, 0.3) is 11.8 Å². The second-order valence-electron chi connectivity index (χ2n) is 6.49. The smallest absolute Gasteiger partial charge is 0.283 e. The topological polar surface area (TPSA) is 83.0 Å². The van der Waals surface area contributed by atoms with Crippen molar-refractivity contribution in [2.24, 2.45) is 10.1 Å². The Labute approximate surface area is 173 Å². The summed E-state index contributed by atoms with van der Waals surface area (Å²) in [5, 5.41) is 15.7. The number of hydrogen-bond donors (Lipinski definition) is 1.